The summed E-state index contributed by atoms with van der Waals surface area (Å²) in [7, 11) is 0. The number of ether oxygens (including phenoxy) is 1. The van der Waals surface area contributed by atoms with Crippen LogP contribution in [0, 0.1) is 6.92 Å². The minimum Gasteiger partial charge on any atom is -0.373 e. The number of aromatic nitrogens is 1. The van der Waals surface area contributed by atoms with Crippen LogP contribution in [0.4, 0.5) is 0 Å². The van der Waals surface area contributed by atoms with E-state index < -0.39 is 0 Å². The first-order valence-corrected chi connectivity index (χ1v) is 5.33. The number of nitrogens with two attached hydrogens (primary N) is 1. The summed E-state index contributed by atoms with van der Waals surface area (Å²) in [5.41, 5.74) is 7.71. The highest BCUT2D eigenvalue weighted by Crippen LogP contribution is 2.07. The lowest BCUT2D eigenvalue weighted by molar-refractivity contribution is 0.0757. The fourth-order valence-electron chi connectivity index (χ4n) is 1.17. The Balaban J connectivity index is 2.38. The molecule has 1 aromatic heterocycles. The highest BCUT2D eigenvalue weighted by atomic mass is 16.5. The van der Waals surface area contributed by atoms with Crippen LogP contribution in [0.25, 0.3) is 0 Å². The maximum absolute atomic E-state index is 5.96. The summed E-state index contributed by atoms with van der Waals surface area (Å²) < 4.78 is 5.54. The first-order valence-electron chi connectivity index (χ1n) is 5.33. The normalized spacial score (nSPS) is 14.9. The standard InChI is InChI=1S/C12H20N2O/c1-4-12(3,13)9-15-8-11-7-5-6-10(2)14-11/h5-7H,4,8-9,13H2,1-3H3. The van der Waals surface area contributed by atoms with Gasteiger partial charge in [-0.2, -0.15) is 0 Å². The maximum Gasteiger partial charge on any atom is 0.0888 e. The molecule has 0 aliphatic heterocycles. The van der Waals surface area contributed by atoms with Crippen LogP contribution in [0.2, 0.25) is 0 Å². The van der Waals surface area contributed by atoms with E-state index in [1.54, 1.807) is 0 Å². The topological polar surface area (TPSA) is 48.1 Å². The van der Waals surface area contributed by atoms with Crippen molar-refractivity contribution in [1.29, 1.82) is 0 Å². The minimum absolute atomic E-state index is 0.232. The van der Waals surface area contributed by atoms with Gasteiger partial charge in [-0.15, -0.1) is 0 Å². The van der Waals surface area contributed by atoms with Crippen molar-refractivity contribution in [3.8, 4) is 0 Å². The minimum atomic E-state index is -0.232. The van der Waals surface area contributed by atoms with E-state index in [4.69, 9.17) is 10.5 Å². The summed E-state index contributed by atoms with van der Waals surface area (Å²) in [6, 6.07) is 5.93. The van der Waals surface area contributed by atoms with Gasteiger partial charge in [0.25, 0.3) is 0 Å². The summed E-state index contributed by atoms with van der Waals surface area (Å²) in [5.74, 6) is 0. The third-order valence-electron chi connectivity index (χ3n) is 2.44. The smallest absolute Gasteiger partial charge is 0.0888 e. The van der Waals surface area contributed by atoms with E-state index in [-0.39, 0.29) is 5.54 Å². The molecule has 1 rings (SSSR count). The first-order chi connectivity index (χ1) is 7.03. The molecule has 0 radical (unpaired) electrons. The fraction of sp³-hybridized carbons (Fsp3) is 0.583. The van der Waals surface area contributed by atoms with E-state index in [2.05, 4.69) is 11.9 Å². The molecular weight excluding hydrogens is 188 g/mol. The summed E-state index contributed by atoms with van der Waals surface area (Å²) in [6.07, 6.45) is 0.911. The van der Waals surface area contributed by atoms with Crippen LogP contribution in [0.15, 0.2) is 18.2 Å². The van der Waals surface area contributed by atoms with E-state index in [0.29, 0.717) is 13.2 Å². The van der Waals surface area contributed by atoms with Crippen LogP contribution in [0.1, 0.15) is 31.7 Å². The van der Waals surface area contributed by atoms with Crippen molar-refractivity contribution in [1.82, 2.24) is 4.98 Å². The van der Waals surface area contributed by atoms with Gasteiger partial charge in [-0.05, 0) is 32.4 Å². The Hall–Kier alpha value is -0.930. The van der Waals surface area contributed by atoms with Gasteiger partial charge in [0.1, 0.15) is 0 Å². The van der Waals surface area contributed by atoms with Crippen molar-refractivity contribution in [2.45, 2.75) is 39.3 Å². The zero-order valence-electron chi connectivity index (χ0n) is 9.79. The van der Waals surface area contributed by atoms with Gasteiger partial charge in [0, 0.05) is 11.2 Å². The van der Waals surface area contributed by atoms with Gasteiger partial charge in [-0.25, -0.2) is 0 Å². The SMILES string of the molecule is CCC(C)(N)COCc1cccc(C)n1. The molecule has 3 nitrogen and oxygen atoms in total. The molecule has 0 saturated heterocycles. The van der Waals surface area contributed by atoms with Crippen LogP contribution in [-0.2, 0) is 11.3 Å². The van der Waals surface area contributed by atoms with Crippen LogP contribution in [0.5, 0.6) is 0 Å². The van der Waals surface area contributed by atoms with E-state index in [1.807, 2.05) is 32.0 Å². The molecule has 0 saturated carbocycles. The van der Waals surface area contributed by atoms with E-state index in [9.17, 15) is 0 Å². The predicted molar refractivity (Wildman–Crippen MR) is 61.5 cm³/mol. The Morgan fingerprint density at radius 2 is 2.20 bits per heavy atom. The second-order valence-electron chi connectivity index (χ2n) is 4.27. The molecule has 0 aliphatic rings. The monoisotopic (exact) mass is 208 g/mol. The van der Waals surface area contributed by atoms with Crippen molar-refractivity contribution in [3.63, 3.8) is 0 Å². The van der Waals surface area contributed by atoms with Crippen LogP contribution >= 0.6 is 0 Å². The molecule has 1 unspecified atom stereocenters. The zero-order chi connectivity index (χ0) is 11.3. The number of nitrogens with zero attached hydrogens (tertiary/aromatic N) is 1. The van der Waals surface area contributed by atoms with Crippen molar-refractivity contribution in [2.24, 2.45) is 5.73 Å². The van der Waals surface area contributed by atoms with E-state index in [1.165, 1.54) is 0 Å². The van der Waals surface area contributed by atoms with Crippen molar-refractivity contribution < 1.29 is 4.74 Å². The van der Waals surface area contributed by atoms with Gasteiger partial charge in [0.15, 0.2) is 0 Å². The van der Waals surface area contributed by atoms with Gasteiger partial charge in [0.05, 0.1) is 18.9 Å². The lowest BCUT2D eigenvalue weighted by Gasteiger charge is -2.22. The van der Waals surface area contributed by atoms with Gasteiger partial charge in [0.2, 0.25) is 0 Å². The summed E-state index contributed by atoms with van der Waals surface area (Å²) in [4.78, 5) is 4.35. The molecule has 1 aromatic rings. The van der Waals surface area contributed by atoms with Gasteiger partial charge in [-0.3, -0.25) is 4.98 Å². The Labute approximate surface area is 91.7 Å². The van der Waals surface area contributed by atoms with Crippen molar-refractivity contribution in [2.75, 3.05) is 6.61 Å². The first kappa shape index (κ1) is 12.1. The van der Waals surface area contributed by atoms with Crippen molar-refractivity contribution in [3.05, 3.63) is 29.6 Å². The van der Waals surface area contributed by atoms with E-state index in [0.717, 1.165) is 17.8 Å². The second-order valence-corrected chi connectivity index (χ2v) is 4.27. The molecule has 0 bridgehead atoms. The Morgan fingerprint density at radius 1 is 1.47 bits per heavy atom. The quantitative estimate of drug-likeness (QED) is 0.805. The molecule has 0 spiro atoms. The lowest BCUT2D eigenvalue weighted by atomic mass is 10.0. The fourth-order valence-corrected chi connectivity index (χ4v) is 1.17. The number of rotatable bonds is 5. The number of hydrogen-bond donors (Lipinski definition) is 1. The maximum atomic E-state index is 5.96. The largest absolute Gasteiger partial charge is 0.373 e. The molecule has 0 amide bonds. The Kier molecular flexibility index (Phi) is 4.24. The molecule has 0 aliphatic carbocycles. The summed E-state index contributed by atoms with van der Waals surface area (Å²) in [5, 5.41) is 0. The second kappa shape index (κ2) is 5.24. The zero-order valence-corrected chi connectivity index (χ0v) is 9.79. The molecule has 3 heteroatoms. The molecule has 2 N–H and O–H groups in total. The molecule has 84 valence electrons. The van der Waals surface area contributed by atoms with Crippen LogP contribution in [-0.4, -0.2) is 17.1 Å². The number of aryl methyl sites for hydroxylation is 1. The average molecular weight is 208 g/mol. The van der Waals surface area contributed by atoms with Crippen LogP contribution < -0.4 is 5.73 Å². The van der Waals surface area contributed by atoms with Crippen LogP contribution in [0.3, 0.4) is 0 Å². The van der Waals surface area contributed by atoms with Gasteiger partial charge >= 0.3 is 0 Å². The third-order valence-corrected chi connectivity index (χ3v) is 2.44. The summed E-state index contributed by atoms with van der Waals surface area (Å²) >= 11 is 0. The molecule has 1 atom stereocenters. The highest BCUT2D eigenvalue weighted by molar-refractivity contribution is 5.08. The number of hydrogen-bond acceptors (Lipinski definition) is 3. The molecular formula is C12H20N2O. The van der Waals surface area contributed by atoms with Gasteiger partial charge in [-0.1, -0.05) is 13.0 Å². The summed E-state index contributed by atoms with van der Waals surface area (Å²) in [6.45, 7) is 7.14. The predicted octanol–water partition coefficient (Wildman–Crippen LogP) is 2.03. The molecule has 15 heavy (non-hydrogen) atoms. The van der Waals surface area contributed by atoms with Crippen molar-refractivity contribution >= 4 is 0 Å². The molecule has 0 aromatic carbocycles. The molecule has 0 fully saturated rings. The average Bonchev–Trinajstić information content (AvgIpc) is 2.18. The van der Waals surface area contributed by atoms with Gasteiger partial charge < -0.3 is 10.5 Å². The molecule has 1 heterocycles. The lowest BCUT2D eigenvalue weighted by Crippen LogP contribution is -2.40. The number of pyridine rings is 1. The van der Waals surface area contributed by atoms with E-state index >= 15 is 0 Å². The Morgan fingerprint density at radius 3 is 2.80 bits per heavy atom. The highest BCUT2D eigenvalue weighted by Gasteiger charge is 2.15. The third kappa shape index (κ3) is 4.40. The Bertz CT molecular complexity index is 310.